The third kappa shape index (κ3) is 4.08. The standard InChI is InChI=1S/C26H33FN4O/c1-4-22-23-15-20(8-9-24(23)27)32-21-14-18-6-5-7-19(18)16-31(17-21)13-12-29(2)25-10-11-30(3)26(22)28-25/h4,8-11,15,18-19,21H,1,5-7,12-14,16-17H2,2-3H3/b26-22+/t18?,19-,21-/m0/s1. The number of ether oxygens (including phenoxy) is 1. The van der Waals surface area contributed by atoms with Crippen molar-refractivity contribution in [2.24, 2.45) is 16.8 Å². The molecular weight excluding hydrogens is 403 g/mol. The van der Waals surface area contributed by atoms with Crippen molar-refractivity contribution < 1.29 is 9.13 Å². The lowest BCUT2D eigenvalue weighted by Crippen LogP contribution is -2.41. The lowest BCUT2D eigenvalue weighted by Gasteiger charge is -2.31. The molecule has 1 aliphatic carbocycles. The van der Waals surface area contributed by atoms with Crippen molar-refractivity contribution in [1.82, 2.24) is 14.7 Å². The quantitative estimate of drug-likeness (QED) is 0.655. The lowest BCUT2D eigenvalue weighted by atomic mass is 9.92. The van der Waals surface area contributed by atoms with E-state index in [2.05, 4.69) is 23.4 Å². The highest BCUT2D eigenvalue weighted by Crippen LogP contribution is 2.39. The predicted octanol–water partition coefficient (Wildman–Crippen LogP) is 4.35. The third-order valence-corrected chi connectivity index (χ3v) is 7.46. The Balaban J connectivity index is 1.59. The minimum Gasteiger partial charge on any atom is -0.489 e. The van der Waals surface area contributed by atoms with E-state index in [9.17, 15) is 4.39 Å². The zero-order valence-electron chi connectivity index (χ0n) is 19.1. The van der Waals surface area contributed by atoms with Crippen LogP contribution in [0.2, 0.25) is 0 Å². The van der Waals surface area contributed by atoms with Crippen LogP contribution in [-0.2, 0) is 0 Å². The van der Waals surface area contributed by atoms with Gasteiger partial charge in [-0.05, 0) is 55.4 Å². The minimum absolute atomic E-state index is 0.119. The molecule has 5 nitrogen and oxygen atoms in total. The van der Waals surface area contributed by atoms with Gasteiger partial charge in [0.1, 0.15) is 29.3 Å². The van der Waals surface area contributed by atoms with Crippen molar-refractivity contribution in [3.63, 3.8) is 0 Å². The molecule has 4 atom stereocenters. The van der Waals surface area contributed by atoms with E-state index in [1.165, 1.54) is 25.3 Å². The molecule has 6 bridgehead atoms. The molecule has 0 amide bonds. The van der Waals surface area contributed by atoms with Crippen molar-refractivity contribution in [2.45, 2.75) is 31.8 Å². The summed E-state index contributed by atoms with van der Waals surface area (Å²) < 4.78 is 21.5. The van der Waals surface area contributed by atoms with Gasteiger partial charge in [0, 0.05) is 57.6 Å². The van der Waals surface area contributed by atoms with E-state index in [1.807, 2.05) is 30.3 Å². The number of halogens is 1. The van der Waals surface area contributed by atoms with Gasteiger partial charge < -0.3 is 14.5 Å². The molecule has 2 unspecified atom stereocenters. The van der Waals surface area contributed by atoms with Gasteiger partial charge in [-0.2, -0.15) is 0 Å². The first-order chi connectivity index (χ1) is 15.5. The van der Waals surface area contributed by atoms with Gasteiger partial charge in [0.15, 0.2) is 0 Å². The van der Waals surface area contributed by atoms with Crippen LogP contribution in [0.3, 0.4) is 0 Å². The number of nitrogens with zero attached hydrogens (tertiary/aromatic N) is 4. The second-order valence-electron chi connectivity index (χ2n) is 9.59. The highest BCUT2D eigenvalue weighted by atomic mass is 19.1. The predicted molar refractivity (Wildman–Crippen MR) is 127 cm³/mol. The molecule has 0 radical (unpaired) electrons. The number of allylic oxidation sites excluding steroid dienone is 2. The number of aliphatic imine (C=N–C) groups is 1. The SMILES string of the molecule is C=C/C1=C2/N=C(C=CN2C)N(C)CCN2C[C@H](CC3CCC[C@H]3C2)Oc2ccc(F)c1c2. The number of fused-ring (bicyclic) bond motifs is 6. The van der Waals surface area contributed by atoms with E-state index in [0.29, 0.717) is 17.0 Å². The summed E-state index contributed by atoms with van der Waals surface area (Å²) in [6.07, 6.45) is 10.8. The lowest BCUT2D eigenvalue weighted by molar-refractivity contribution is 0.132. The molecule has 32 heavy (non-hydrogen) atoms. The van der Waals surface area contributed by atoms with Crippen LogP contribution in [0.15, 0.2) is 53.9 Å². The Bertz CT molecular complexity index is 984. The van der Waals surface area contributed by atoms with Gasteiger partial charge in [-0.25, -0.2) is 9.38 Å². The molecule has 4 aliphatic rings. The van der Waals surface area contributed by atoms with Crippen LogP contribution in [0, 0.1) is 17.7 Å². The van der Waals surface area contributed by atoms with Gasteiger partial charge in [-0.1, -0.05) is 19.1 Å². The Hall–Kier alpha value is -2.60. The Morgan fingerprint density at radius 3 is 2.84 bits per heavy atom. The molecule has 5 rings (SSSR count). The highest BCUT2D eigenvalue weighted by molar-refractivity contribution is 5.95. The first kappa shape index (κ1) is 21.3. The number of amidine groups is 1. The summed E-state index contributed by atoms with van der Waals surface area (Å²) in [4.78, 5) is 11.6. The van der Waals surface area contributed by atoms with Crippen molar-refractivity contribution in [3.8, 4) is 5.75 Å². The van der Waals surface area contributed by atoms with Gasteiger partial charge in [0.2, 0.25) is 0 Å². The average Bonchev–Trinajstić information content (AvgIpc) is 3.14. The fourth-order valence-corrected chi connectivity index (χ4v) is 5.68. The van der Waals surface area contributed by atoms with E-state index in [0.717, 1.165) is 56.0 Å². The molecule has 1 aromatic rings. The summed E-state index contributed by atoms with van der Waals surface area (Å²) in [5, 5.41) is 0. The van der Waals surface area contributed by atoms with Crippen molar-refractivity contribution >= 4 is 11.4 Å². The Kier molecular flexibility index (Phi) is 5.80. The number of hydrogen-bond acceptors (Lipinski definition) is 5. The second-order valence-corrected chi connectivity index (χ2v) is 9.59. The molecule has 2 fully saturated rings. The number of likely N-dealkylation sites (N-methyl/N-ethyl adjacent to an activating group) is 1. The monoisotopic (exact) mass is 436 g/mol. The van der Waals surface area contributed by atoms with Gasteiger partial charge in [0.25, 0.3) is 0 Å². The summed E-state index contributed by atoms with van der Waals surface area (Å²) in [5.41, 5.74) is 1.14. The highest BCUT2D eigenvalue weighted by Gasteiger charge is 2.36. The molecular formula is C26H33FN4O. The molecule has 3 aliphatic heterocycles. The van der Waals surface area contributed by atoms with Crippen LogP contribution >= 0.6 is 0 Å². The third-order valence-electron chi connectivity index (χ3n) is 7.46. The molecule has 170 valence electrons. The molecule has 3 heterocycles. The zero-order chi connectivity index (χ0) is 22.2. The molecule has 0 aromatic heterocycles. The fourth-order valence-electron chi connectivity index (χ4n) is 5.68. The van der Waals surface area contributed by atoms with Crippen LogP contribution in [0.25, 0.3) is 5.57 Å². The van der Waals surface area contributed by atoms with Gasteiger partial charge in [0.05, 0.1) is 0 Å². The van der Waals surface area contributed by atoms with Gasteiger partial charge in [-0.15, -0.1) is 0 Å². The summed E-state index contributed by atoms with van der Waals surface area (Å²) in [5.74, 6) is 3.48. The van der Waals surface area contributed by atoms with E-state index in [-0.39, 0.29) is 11.9 Å². The van der Waals surface area contributed by atoms with Crippen LogP contribution in [0.1, 0.15) is 31.2 Å². The summed E-state index contributed by atoms with van der Waals surface area (Å²) in [6, 6.07) is 5.07. The van der Waals surface area contributed by atoms with Crippen LogP contribution in [-0.4, -0.2) is 66.9 Å². The molecule has 0 N–H and O–H groups in total. The molecule has 6 heteroatoms. The number of rotatable bonds is 1. The Morgan fingerprint density at radius 2 is 2.00 bits per heavy atom. The number of hydrogen-bond donors (Lipinski definition) is 0. The zero-order valence-corrected chi connectivity index (χ0v) is 19.1. The molecule has 1 saturated heterocycles. The first-order valence-electron chi connectivity index (χ1n) is 11.8. The number of benzene rings is 1. The molecule has 1 aromatic carbocycles. The summed E-state index contributed by atoms with van der Waals surface area (Å²) >= 11 is 0. The van der Waals surface area contributed by atoms with Crippen molar-refractivity contribution in [1.29, 1.82) is 0 Å². The van der Waals surface area contributed by atoms with Crippen molar-refractivity contribution in [2.75, 3.05) is 40.3 Å². The first-order valence-corrected chi connectivity index (χ1v) is 11.8. The largest absolute Gasteiger partial charge is 0.489 e. The van der Waals surface area contributed by atoms with E-state index < -0.39 is 0 Å². The fraction of sp³-hybridized carbons (Fsp3) is 0.500. The maximum Gasteiger partial charge on any atom is 0.142 e. The summed E-state index contributed by atoms with van der Waals surface area (Å²) in [6.45, 7) is 7.89. The van der Waals surface area contributed by atoms with Crippen LogP contribution < -0.4 is 4.74 Å². The summed E-state index contributed by atoms with van der Waals surface area (Å²) in [7, 11) is 4.01. The second kappa shape index (κ2) is 8.74. The topological polar surface area (TPSA) is 31.3 Å². The Morgan fingerprint density at radius 1 is 1.16 bits per heavy atom. The minimum atomic E-state index is -0.293. The average molecular weight is 437 g/mol. The van der Waals surface area contributed by atoms with Crippen LogP contribution in [0.5, 0.6) is 5.75 Å². The van der Waals surface area contributed by atoms with Gasteiger partial charge >= 0.3 is 0 Å². The van der Waals surface area contributed by atoms with Crippen LogP contribution in [0.4, 0.5) is 4.39 Å². The normalized spacial score (nSPS) is 32.4. The van der Waals surface area contributed by atoms with Crippen molar-refractivity contribution in [3.05, 3.63) is 60.3 Å². The Labute approximate surface area is 190 Å². The smallest absolute Gasteiger partial charge is 0.142 e. The molecule has 1 saturated carbocycles. The van der Waals surface area contributed by atoms with E-state index in [4.69, 9.17) is 9.73 Å². The maximum atomic E-state index is 15.0. The van der Waals surface area contributed by atoms with E-state index >= 15 is 0 Å². The maximum absolute atomic E-state index is 15.0. The van der Waals surface area contributed by atoms with Gasteiger partial charge in [-0.3, -0.25) is 4.90 Å². The molecule has 0 spiro atoms. The van der Waals surface area contributed by atoms with E-state index in [1.54, 1.807) is 12.1 Å².